The Morgan fingerprint density at radius 3 is 2.50 bits per heavy atom. The van der Waals surface area contributed by atoms with E-state index in [0.29, 0.717) is 22.5 Å². The van der Waals surface area contributed by atoms with E-state index in [4.69, 9.17) is 0 Å². The number of aliphatic imine (C=N–C) groups is 1. The lowest BCUT2D eigenvalue weighted by atomic mass is 10.2. The molecular weight excluding hydrogens is 345 g/mol. The number of hydrogen-bond donors (Lipinski definition) is 0. The summed E-state index contributed by atoms with van der Waals surface area (Å²) < 4.78 is 41.5. The van der Waals surface area contributed by atoms with E-state index in [2.05, 4.69) is 20.1 Å². The summed E-state index contributed by atoms with van der Waals surface area (Å²) in [4.78, 5) is 14.4. The molecule has 1 aliphatic heterocycles. The van der Waals surface area contributed by atoms with Gasteiger partial charge in [-0.15, -0.1) is 0 Å². The Balaban J connectivity index is 1.87. The lowest BCUT2D eigenvalue weighted by molar-refractivity contribution is -0.0567. The van der Waals surface area contributed by atoms with Crippen LogP contribution < -0.4 is 4.90 Å². The van der Waals surface area contributed by atoms with Gasteiger partial charge in [0.1, 0.15) is 11.5 Å². The molecule has 132 valence electrons. The number of benzene rings is 1. The molecule has 3 aromatic rings. The highest BCUT2D eigenvalue weighted by Crippen LogP contribution is 2.30. The summed E-state index contributed by atoms with van der Waals surface area (Å²) in [7, 11) is 3.64. The average molecular weight is 358 g/mol. The number of alkyl halides is 3. The van der Waals surface area contributed by atoms with Crippen molar-refractivity contribution in [2.24, 2.45) is 10.1 Å². The van der Waals surface area contributed by atoms with Gasteiger partial charge in [-0.05, 0) is 24.3 Å². The molecule has 1 aliphatic rings. The monoisotopic (exact) mass is 358 g/mol. The van der Waals surface area contributed by atoms with Crippen LogP contribution in [0.15, 0.2) is 52.7 Å². The summed E-state index contributed by atoms with van der Waals surface area (Å²) in [5, 5.41) is 3.72. The quantitative estimate of drug-likeness (QED) is 0.705. The molecule has 2 aromatic heterocycles. The van der Waals surface area contributed by atoms with Gasteiger partial charge in [0.25, 0.3) is 0 Å². The molecule has 0 radical (unpaired) electrons. The van der Waals surface area contributed by atoms with E-state index >= 15 is 0 Å². The fourth-order valence-corrected chi connectivity index (χ4v) is 2.65. The lowest BCUT2D eigenvalue weighted by Crippen LogP contribution is -2.29. The van der Waals surface area contributed by atoms with Crippen molar-refractivity contribution < 1.29 is 13.2 Å². The molecule has 1 aromatic carbocycles. The molecule has 0 amide bonds. The van der Waals surface area contributed by atoms with Crippen molar-refractivity contribution in [1.82, 2.24) is 14.6 Å². The summed E-state index contributed by atoms with van der Waals surface area (Å²) >= 11 is 0. The highest BCUT2D eigenvalue weighted by molar-refractivity contribution is 6.51. The van der Waals surface area contributed by atoms with E-state index in [9.17, 15) is 13.2 Å². The van der Waals surface area contributed by atoms with Gasteiger partial charge in [-0.25, -0.2) is 19.6 Å². The second kappa shape index (κ2) is 5.65. The minimum atomic E-state index is -4.64. The number of imidazole rings is 1. The Bertz CT molecular complexity index is 1040. The van der Waals surface area contributed by atoms with Crippen LogP contribution in [0.3, 0.4) is 0 Å². The SMILES string of the molecule is CN(C)c1ccc(N=C2C(C(F)(F)F)=Nn3c2nc2ccccc23)cn1. The maximum absolute atomic E-state index is 13.5. The Kier molecular flexibility index (Phi) is 3.53. The Morgan fingerprint density at radius 1 is 1.08 bits per heavy atom. The first-order chi connectivity index (χ1) is 12.3. The van der Waals surface area contributed by atoms with Crippen molar-refractivity contribution in [3.05, 3.63) is 48.4 Å². The topological polar surface area (TPSA) is 58.7 Å². The molecule has 0 aliphatic carbocycles. The number of para-hydroxylation sites is 2. The largest absolute Gasteiger partial charge is 0.437 e. The van der Waals surface area contributed by atoms with E-state index in [1.54, 1.807) is 41.3 Å². The fourth-order valence-electron chi connectivity index (χ4n) is 2.65. The molecule has 0 unspecified atom stereocenters. The number of hydrogen-bond acceptors (Lipinski definition) is 5. The first-order valence-electron chi connectivity index (χ1n) is 7.71. The predicted molar refractivity (Wildman–Crippen MR) is 93.4 cm³/mol. The zero-order valence-corrected chi connectivity index (χ0v) is 13.9. The molecule has 0 atom stereocenters. The molecule has 0 bridgehead atoms. The molecule has 9 heteroatoms. The van der Waals surface area contributed by atoms with E-state index < -0.39 is 11.9 Å². The molecule has 3 heterocycles. The van der Waals surface area contributed by atoms with Gasteiger partial charge in [0, 0.05) is 14.1 Å². The van der Waals surface area contributed by atoms with Crippen LogP contribution in [0.1, 0.15) is 5.82 Å². The summed E-state index contributed by atoms with van der Waals surface area (Å²) in [6, 6.07) is 10.2. The number of aromatic nitrogens is 3. The standard InChI is InChI=1S/C17H13F3N6/c1-25(2)13-8-7-10(9-21-13)22-14-15(17(18,19)20)24-26-12-6-4-3-5-11(12)23-16(14)26/h3-9H,1-2H3. The number of pyridine rings is 1. The van der Waals surface area contributed by atoms with Crippen LogP contribution in [0.2, 0.25) is 0 Å². The molecule has 0 N–H and O–H groups in total. The van der Waals surface area contributed by atoms with E-state index in [0.717, 1.165) is 0 Å². The van der Waals surface area contributed by atoms with Crippen LogP contribution in [0.25, 0.3) is 11.0 Å². The molecule has 0 spiro atoms. The zero-order valence-electron chi connectivity index (χ0n) is 13.9. The first kappa shape index (κ1) is 16.2. The van der Waals surface area contributed by atoms with Crippen molar-refractivity contribution in [1.29, 1.82) is 0 Å². The van der Waals surface area contributed by atoms with Crippen LogP contribution >= 0.6 is 0 Å². The van der Waals surface area contributed by atoms with Gasteiger partial charge in [-0.1, -0.05) is 12.1 Å². The van der Waals surface area contributed by atoms with Crippen molar-refractivity contribution >= 4 is 34.0 Å². The van der Waals surface area contributed by atoms with E-state index in [1.165, 1.54) is 10.9 Å². The van der Waals surface area contributed by atoms with Gasteiger partial charge in [0.05, 0.1) is 22.9 Å². The lowest BCUT2D eigenvalue weighted by Gasteiger charge is -2.10. The number of halogens is 3. The highest BCUT2D eigenvalue weighted by Gasteiger charge is 2.45. The zero-order chi connectivity index (χ0) is 18.5. The van der Waals surface area contributed by atoms with Gasteiger partial charge >= 0.3 is 6.18 Å². The normalized spacial score (nSPS) is 15.4. The van der Waals surface area contributed by atoms with Gasteiger partial charge < -0.3 is 4.90 Å². The van der Waals surface area contributed by atoms with Crippen LogP contribution in [0, 0.1) is 0 Å². The fraction of sp³-hybridized carbons (Fsp3) is 0.176. The summed E-state index contributed by atoms with van der Waals surface area (Å²) in [6.45, 7) is 0. The van der Waals surface area contributed by atoms with Crippen LogP contribution in [0.4, 0.5) is 24.7 Å². The highest BCUT2D eigenvalue weighted by atomic mass is 19.4. The molecule has 26 heavy (non-hydrogen) atoms. The van der Waals surface area contributed by atoms with Crippen LogP contribution in [-0.4, -0.2) is 46.3 Å². The molecular formula is C17H13F3N6. The average Bonchev–Trinajstić information content (AvgIpc) is 3.12. The number of anilines is 1. The summed E-state index contributed by atoms with van der Waals surface area (Å²) in [5.41, 5.74) is -0.0321. The maximum Gasteiger partial charge on any atom is 0.437 e. The minimum Gasteiger partial charge on any atom is -0.363 e. The third kappa shape index (κ3) is 2.61. The Labute approximate surface area is 146 Å². The van der Waals surface area contributed by atoms with Gasteiger partial charge in [-0.3, -0.25) is 0 Å². The van der Waals surface area contributed by atoms with E-state index in [-0.39, 0.29) is 11.5 Å². The third-order valence-corrected chi connectivity index (χ3v) is 3.87. The van der Waals surface area contributed by atoms with Crippen molar-refractivity contribution in [2.75, 3.05) is 19.0 Å². The smallest absolute Gasteiger partial charge is 0.363 e. The molecule has 0 saturated heterocycles. The second-order valence-corrected chi connectivity index (χ2v) is 5.91. The summed E-state index contributed by atoms with van der Waals surface area (Å²) in [5.74, 6) is 0.743. The summed E-state index contributed by atoms with van der Waals surface area (Å²) in [6.07, 6.45) is -3.22. The molecule has 0 fully saturated rings. The first-order valence-corrected chi connectivity index (χ1v) is 7.71. The second-order valence-electron chi connectivity index (χ2n) is 5.91. The van der Waals surface area contributed by atoms with Crippen LogP contribution in [-0.2, 0) is 0 Å². The van der Waals surface area contributed by atoms with E-state index in [1.807, 2.05) is 14.1 Å². The van der Waals surface area contributed by atoms with Crippen molar-refractivity contribution in [2.45, 2.75) is 6.18 Å². The van der Waals surface area contributed by atoms with Crippen molar-refractivity contribution in [3.8, 4) is 0 Å². The molecule has 4 rings (SSSR count). The van der Waals surface area contributed by atoms with Gasteiger partial charge in [-0.2, -0.15) is 18.3 Å². The molecule has 6 nitrogen and oxygen atoms in total. The van der Waals surface area contributed by atoms with Gasteiger partial charge in [0.15, 0.2) is 11.5 Å². The number of fused-ring (bicyclic) bond motifs is 3. The predicted octanol–water partition coefficient (Wildman–Crippen LogP) is 3.40. The third-order valence-electron chi connectivity index (χ3n) is 3.87. The Morgan fingerprint density at radius 2 is 1.85 bits per heavy atom. The minimum absolute atomic E-state index is 0.0650. The Hall–Kier alpha value is -3.23. The maximum atomic E-state index is 13.5. The number of nitrogens with zero attached hydrogens (tertiary/aromatic N) is 6. The van der Waals surface area contributed by atoms with Crippen LogP contribution in [0.5, 0.6) is 0 Å². The molecule has 0 saturated carbocycles. The van der Waals surface area contributed by atoms with Gasteiger partial charge in [0.2, 0.25) is 0 Å². The van der Waals surface area contributed by atoms with Crippen molar-refractivity contribution in [3.63, 3.8) is 0 Å². The number of rotatable bonds is 2.